The summed E-state index contributed by atoms with van der Waals surface area (Å²) in [6.45, 7) is 4.18. The first-order valence-electron chi connectivity index (χ1n) is 7.47. The van der Waals surface area contributed by atoms with Crippen molar-refractivity contribution in [1.29, 1.82) is 0 Å². The molecule has 116 valence electrons. The van der Waals surface area contributed by atoms with Crippen molar-refractivity contribution >= 4 is 5.97 Å². The number of esters is 1. The first-order chi connectivity index (χ1) is 11.1. The van der Waals surface area contributed by atoms with Gasteiger partial charge in [-0.1, -0.05) is 24.3 Å². The predicted octanol–water partition coefficient (Wildman–Crippen LogP) is 3.85. The fourth-order valence-corrected chi connectivity index (χ4v) is 2.37. The number of rotatable bonds is 4. The van der Waals surface area contributed by atoms with Gasteiger partial charge in [0.25, 0.3) is 0 Å². The number of nitrogens with zero attached hydrogens (tertiary/aromatic N) is 2. The normalized spacial score (nSPS) is 10.5. The molecular weight excluding hydrogens is 288 g/mol. The van der Waals surface area contributed by atoms with Crippen LogP contribution in [0.4, 0.5) is 0 Å². The van der Waals surface area contributed by atoms with Crippen molar-refractivity contribution in [3.05, 3.63) is 83.2 Å². The van der Waals surface area contributed by atoms with Gasteiger partial charge in [0.2, 0.25) is 0 Å². The lowest BCUT2D eigenvalue weighted by Crippen LogP contribution is -2.08. The molecule has 1 aromatic heterocycles. The zero-order chi connectivity index (χ0) is 16.2. The van der Waals surface area contributed by atoms with Gasteiger partial charge < -0.3 is 4.74 Å². The van der Waals surface area contributed by atoms with Crippen molar-refractivity contribution < 1.29 is 9.53 Å². The van der Waals surface area contributed by atoms with E-state index in [4.69, 9.17) is 4.74 Å². The summed E-state index contributed by atoms with van der Waals surface area (Å²) >= 11 is 0. The summed E-state index contributed by atoms with van der Waals surface area (Å²) in [4.78, 5) is 12.2. The average Bonchev–Trinajstić information content (AvgIpc) is 3.10. The Morgan fingerprint density at radius 3 is 2.57 bits per heavy atom. The highest BCUT2D eigenvalue weighted by Gasteiger charge is 2.11. The van der Waals surface area contributed by atoms with Gasteiger partial charge in [0.15, 0.2) is 0 Å². The minimum atomic E-state index is -0.289. The Kier molecular flexibility index (Phi) is 4.24. The molecule has 0 radical (unpaired) electrons. The van der Waals surface area contributed by atoms with E-state index in [9.17, 15) is 4.79 Å². The monoisotopic (exact) mass is 306 g/mol. The summed E-state index contributed by atoms with van der Waals surface area (Å²) in [6, 6.07) is 15.3. The second-order valence-corrected chi connectivity index (χ2v) is 5.44. The second-order valence-electron chi connectivity index (χ2n) is 5.44. The molecule has 0 aliphatic carbocycles. The highest BCUT2D eigenvalue weighted by atomic mass is 16.5. The van der Waals surface area contributed by atoms with Crippen LogP contribution in [0.2, 0.25) is 0 Å². The van der Waals surface area contributed by atoms with Crippen molar-refractivity contribution in [3.63, 3.8) is 0 Å². The summed E-state index contributed by atoms with van der Waals surface area (Å²) in [5.74, 6) is -0.289. The van der Waals surface area contributed by atoms with E-state index in [-0.39, 0.29) is 12.6 Å². The number of benzene rings is 2. The van der Waals surface area contributed by atoms with Crippen molar-refractivity contribution in [2.75, 3.05) is 0 Å². The molecule has 4 nitrogen and oxygen atoms in total. The Balaban J connectivity index is 1.66. The molecule has 0 fully saturated rings. The number of carbonyl (C=O) groups is 1. The number of carbonyl (C=O) groups excluding carboxylic acids is 1. The molecule has 3 aromatic rings. The molecule has 0 spiro atoms. The molecular formula is C19H18N2O2. The van der Waals surface area contributed by atoms with E-state index < -0.39 is 0 Å². The van der Waals surface area contributed by atoms with Gasteiger partial charge in [0.1, 0.15) is 6.61 Å². The number of aromatic nitrogens is 2. The molecule has 23 heavy (non-hydrogen) atoms. The molecule has 1 heterocycles. The summed E-state index contributed by atoms with van der Waals surface area (Å²) in [5.41, 5.74) is 4.59. The van der Waals surface area contributed by atoms with Crippen molar-refractivity contribution in [3.8, 4) is 5.69 Å². The molecule has 0 bridgehead atoms. The van der Waals surface area contributed by atoms with Gasteiger partial charge in [-0.25, -0.2) is 9.48 Å². The van der Waals surface area contributed by atoms with Crippen LogP contribution in [0, 0.1) is 13.8 Å². The quantitative estimate of drug-likeness (QED) is 0.688. The van der Waals surface area contributed by atoms with E-state index in [0.29, 0.717) is 5.56 Å². The lowest BCUT2D eigenvalue weighted by atomic mass is 10.0. The van der Waals surface area contributed by atoms with Gasteiger partial charge in [0.05, 0.1) is 11.3 Å². The Morgan fingerprint density at radius 1 is 1.09 bits per heavy atom. The zero-order valence-corrected chi connectivity index (χ0v) is 13.2. The minimum Gasteiger partial charge on any atom is -0.457 e. The third kappa shape index (κ3) is 3.31. The van der Waals surface area contributed by atoms with Crippen LogP contribution in [-0.4, -0.2) is 15.7 Å². The Hall–Kier alpha value is -2.88. The molecule has 0 amide bonds. The van der Waals surface area contributed by atoms with Gasteiger partial charge in [-0.2, -0.15) is 5.10 Å². The predicted molar refractivity (Wildman–Crippen MR) is 88.6 cm³/mol. The van der Waals surface area contributed by atoms with E-state index in [1.165, 1.54) is 0 Å². The molecule has 0 atom stereocenters. The highest BCUT2D eigenvalue weighted by Crippen LogP contribution is 2.15. The minimum absolute atomic E-state index is 0.256. The maximum atomic E-state index is 12.2. The first kappa shape index (κ1) is 15.0. The lowest BCUT2D eigenvalue weighted by Gasteiger charge is -2.09. The molecule has 4 heteroatoms. The standard InChI is InChI=1S/C19H18N2O2/c1-14-5-3-6-18(15(14)2)19(22)23-13-16-7-9-17(10-8-16)21-12-4-11-20-21/h3-12H,13H2,1-2H3. The van der Waals surface area contributed by atoms with Crippen LogP contribution in [0.25, 0.3) is 5.69 Å². The average molecular weight is 306 g/mol. The van der Waals surface area contributed by atoms with E-state index in [2.05, 4.69) is 5.10 Å². The number of hydrogen-bond donors (Lipinski definition) is 0. The van der Waals surface area contributed by atoms with Gasteiger partial charge in [-0.3, -0.25) is 0 Å². The Morgan fingerprint density at radius 2 is 1.87 bits per heavy atom. The first-order valence-corrected chi connectivity index (χ1v) is 7.47. The van der Waals surface area contributed by atoms with Crippen LogP contribution in [0.5, 0.6) is 0 Å². The molecule has 2 aromatic carbocycles. The van der Waals surface area contributed by atoms with E-state index >= 15 is 0 Å². The third-order valence-electron chi connectivity index (χ3n) is 3.90. The summed E-state index contributed by atoms with van der Waals surface area (Å²) in [5, 5.41) is 4.18. The molecule has 0 unspecified atom stereocenters. The summed E-state index contributed by atoms with van der Waals surface area (Å²) in [7, 11) is 0. The van der Waals surface area contributed by atoms with Crippen molar-refractivity contribution in [2.45, 2.75) is 20.5 Å². The fraction of sp³-hybridized carbons (Fsp3) is 0.158. The van der Waals surface area contributed by atoms with E-state index in [0.717, 1.165) is 22.4 Å². The molecule has 0 saturated carbocycles. The van der Waals surface area contributed by atoms with Crippen LogP contribution < -0.4 is 0 Å². The van der Waals surface area contributed by atoms with Crippen LogP contribution in [0.3, 0.4) is 0 Å². The maximum Gasteiger partial charge on any atom is 0.338 e. The summed E-state index contributed by atoms with van der Waals surface area (Å²) in [6.07, 6.45) is 3.62. The van der Waals surface area contributed by atoms with E-state index in [1.807, 2.05) is 62.5 Å². The molecule has 0 saturated heterocycles. The van der Waals surface area contributed by atoms with Crippen LogP contribution in [0.15, 0.2) is 60.9 Å². The number of ether oxygens (including phenoxy) is 1. The third-order valence-corrected chi connectivity index (χ3v) is 3.90. The maximum absolute atomic E-state index is 12.2. The molecule has 0 aliphatic heterocycles. The largest absolute Gasteiger partial charge is 0.457 e. The van der Waals surface area contributed by atoms with E-state index in [1.54, 1.807) is 16.9 Å². The zero-order valence-electron chi connectivity index (χ0n) is 13.2. The van der Waals surface area contributed by atoms with Gasteiger partial charge in [-0.15, -0.1) is 0 Å². The second kappa shape index (κ2) is 6.48. The van der Waals surface area contributed by atoms with Gasteiger partial charge in [0, 0.05) is 12.4 Å². The van der Waals surface area contributed by atoms with Gasteiger partial charge >= 0.3 is 5.97 Å². The lowest BCUT2D eigenvalue weighted by molar-refractivity contribution is 0.0471. The topological polar surface area (TPSA) is 44.1 Å². The highest BCUT2D eigenvalue weighted by molar-refractivity contribution is 5.91. The van der Waals surface area contributed by atoms with Crippen LogP contribution >= 0.6 is 0 Å². The SMILES string of the molecule is Cc1cccc(C(=O)OCc2ccc(-n3cccn3)cc2)c1C. The van der Waals surface area contributed by atoms with Crippen molar-refractivity contribution in [2.24, 2.45) is 0 Å². The summed E-state index contributed by atoms with van der Waals surface area (Å²) < 4.78 is 7.20. The van der Waals surface area contributed by atoms with Crippen LogP contribution in [0.1, 0.15) is 27.0 Å². The number of hydrogen-bond acceptors (Lipinski definition) is 3. The fourth-order valence-electron chi connectivity index (χ4n) is 2.37. The van der Waals surface area contributed by atoms with Crippen molar-refractivity contribution in [1.82, 2.24) is 9.78 Å². The van der Waals surface area contributed by atoms with Crippen LogP contribution in [-0.2, 0) is 11.3 Å². The molecule has 3 rings (SSSR count). The molecule has 0 aliphatic rings. The molecule has 0 N–H and O–H groups in total. The number of aryl methyl sites for hydroxylation is 1. The smallest absolute Gasteiger partial charge is 0.338 e. The Labute approximate surface area is 135 Å². The van der Waals surface area contributed by atoms with Gasteiger partial charge in [-0.05, 0) is 54.8 Å². The Bertz CT molecular complexity index is 806.